The van der Waals surface area contributed by atoms with Crippen LogP contribution in [0.5, 0.6) is 0 Å². The maximum absolute atomic E-state index is 12.9. The summed E-state index contributed by atoms with van der Waals surface area (Å²) in [5.41, 5.74) is 1.29. The van der Waals surface area contributed by atoms with Crippen LogP contribution in [-0.4, -0.2) is 75.6 Å². The average Bonchev–Trinajstić information content (AvgIpc) is 3.27. The topological polar surface area (TPSA) is 101 Å². The van der Waals surface area contributed by atoms with Crippen molar-refractivity contribution in [2.24, 2.45) is 7.05 Å². The molecule has 0 spiro atoms. The third-order valence-electron chi connectivity index (χ3n) is 6.48. The van der Waals surface area contributed by atoms with Gasteiger partial charge in [0.15, 0.2) is 5.16 Å². The van der Waals surface area contributed by atoms with Gasteiger partial charge < -0.3 is 19.9 Å². The van der Waals surface area contributed by atoms with Gasteiger partial charge in [0.2, 0.25) is 5.91 Å². The van der Waals surface area contributed by atoms with E-state index >= 15 is 0 Å². The summed E-state index contributed by atoms with van der Waals surface area (Å²) in [4.78, 5) is 27.6. The number of carbonyl (C=O) groups excluding carboxylic acids is 2. The highest BCUT2D eigenvalue weighted by atomic mass is 32.2. The van der Waals surface area contributed by atoms with Crippen LogP contribution in [-0.2, 0) is 16.6 Å². The Morgan fingerprint density at radius 3 is 2.52 bits per heavy atom. The number of amides is 2. The van der Waals surface area contributed by atoms with Gasteiger partial charge in [0, 0.05) is 43.5 Å². The number of morpholine rings is 1. The van der Waals surface area contributed by atoms with Crippen molar-refractivity contribution in [2.75, 3.05) is 43.9 Å². The minimum Gasteiger partial charge on any atom is -0.379 e. The molecule has 0 bridgehead atoms. The zero-order valence-electron chi connectivity index (χ0n) is 19.1. The van der Waals surface area contributed by atoms with E-state index < -0.39 is 0 Å². The molecule has 4 rings (SSSR count). The fraction of sp³-hybridized carbons (Fsp3) is 0.565. The Labute approximate surface area is 198 Å². The van der Waals surface area contributed by atoms with E-state index in [4.69, 9.17) is 4.74 Å². The highest BCUT2D eigenvalue weighted by Crippen LogP contribution is 2.34. The molecule has 1 aliphatic heterocycles. The zero-order valence-corrected chi connectivity index (χ0v) is 19.9. The summed E-state index contributed by atoms with van der Waals surface area (Å²) in [7, 11) is 1.83. The summed E-state index contributed by atoms with van der Waals surface area (Å²) in [6.07, 6.45) is 7.51. The molecule has 0 atom stereocenters. The van der Waals surface area contributed by atoms with Crippen LogP contribution in [0.2, 0.25) is 0 Å². The minimum absolute atomic E-state index is 0.0337. The number of ether oxygens (including phenoxy) is 1. The van der Waals surface area contributed by atoms with Crippen molar-refractivity contribution in [2.45, 2.75) is 42.8 Å². The number of aromatic nitrogens is 3. The van der Waals surface area contributed by atoms with E-state index in [1.165, 1.54) is 31.0 Å². The predicted octanol–water partition coefficient (Wildman–Crippen LogP) is 2.31. The number of aryl methyl sites for hydroxylation is 1. The van der Waals surface area contributed by atoms with E-state index in [9.17, 15) is 9.59 Å². The molecule has 33 heavy (non-hydrogen) atoms. The van der Waals surface area contributed by atoms with Gasteiger partial charge in [-0.15, -0.1) is 10.2 Å². The first-order chi connectivity index (χ1) is 16.1. The Morgan fingerprint density at radius 2 is 1.85 bits per heavy atom. The first-order valence-electron chi connectivity index (χ1n) is 11.5. The van der Waals surface area contributed by atoms with E-state index in [2.05, 4.69) is 25.7 Å². The fourth-order valence-corrected chi connectivity index (χ4v) is 5.32. The molecule has 2 fully saturated rings. The Morgan fingerprint density at radius 1 is 1.12 bits per heavy atom. The van der Waals surface area contributed by atoms with Gasteiger partial charge in [-0.1, -0.05) is 31.0 Å². The second kappa shape index (κ2) is 11.1. The normalized spacial score (nSPS) is 18.6. The van der Waals surface area contributed by atoms with Crippen LogP contribution in [0.25, 0.3) is 0 Å². The van der Waals surface area contributed by atoms with Crippen LogP contribution in [0.4, 0.5) is 5.69 Å². The molecule has 0 radical (unpaired) electrons. The molecular weight excluding hydrogens is 440 g/mol. The molecule has 2 N–H and O–H groups in total. The maximum Gasteiger partial charge on any atom is 0.251 e. The lowest BCUT2D eigenvalue weighted by Gasteiger charge is -2.48. The Hall–Kier alpha value is -2.43. The van der Waals surface area contributed by atoms with Crippen molar-refractivity contribution < 1.29 is 14.3 Å². The summed E-state index contributed by atoms with van der Waals surface area (Å²) in [5.74, 6) is 0.0205. The number of anilines is 1. The highest BCUT2D eigenvalue weighted by molar-refractivity contribution is 7.99. The first kappa shape index (κ1) is 23.7. The number of nitrogens with one attached hydrogen (secondary N) is 2. The number of hydrogen-bond acceptors (Lipinski definition) is 7. The summed E-state index contributed by atoms with van der Waals surface area (Å²) in [6.45, 7) is 4.04. The Kier molecular flexibility index (Phi) is 8.00. The standard InChI is InChI=1S/C23H32N6O3S/c1-28-17-25-27-22(28)33-15-20(30)26-19-7-5-18(6-8-19)21(31)24-16-23(9-3-2-4-10-23)29-11-13-32-14-12-29/h5-8,17H,2-4,9-16H2,1H3,(H,24,31)(H,26,30). The van der Waals surface area contributed by atoms with Crippen molar-refractivity contribution in [1.82, 2.24) is 25.0 Å². The van der Waals surface area contributed by atoms with Gasteiger partial charge in [-0.3, -0.25) is 14.5 Å². The molecule has 0 unspecified atom stereocenters. The van der Waals surface area contributed by atoms with Crippen LogP contribution in [0.1, 0.15) is 42.5 Å². The van der Waals surface area contributed by atoms with Gasteiger partial charge in [-0.05, 0) is 37.1 Å². The molecule has 2 amide bonds. The fourth-order valence-electron chi connectivity index (χ4n) is 4.63. The third-order valence-corrected chi connectivity index (χ3v) is 7.51. The monoisotopic (exact) mass is 472 g/mol. The molecule has 1 saturated carbocycles. The third kappa shape index (κ3) is 6.13. The van der Waals surface area contributed by atoms with Crippen molar-refractivity contribution in [3.05, 3.63) is 36.2 Å². The van der Waals surface area contributed by atoms with E-state index in [0.29, 0.717) is 23.0 Å². The quantitative estimate of drug-likeness (QED) is 0.569. The van der Waals surface area contributed by atoms with Crippen LogP contribution < -0.4 is 10.6 Å². The summed E-state index contributed by atoms with van der Waals surface area (Å²) in [6, 6.07) is 7.03. The molecule has 1 aromatic carbocycles. The van der Waals surface area contributed by atoms with Gasteiger partial charge in [0.25, 0.3) is 5.91 Å². The van der Waals surface area contributed by atoms with Crippen LogP contribution in [0, 0.1) is 0 Å². The number of rotatable bonds is 8. The largest absolute Gasteiger partial charge is 0.379 e. The molecule has 1 aliphatic carbocycles. The molecule has 178 valence electrons. The van der Waals surface area contributed by atoms with Crippen molar-refractivity contribution in [1.29, 1.82) is 0 Å². The van der Waals surface area contributed by atoms with Gasteiger partial charge in [0.1, 0.15) is 6.33 Å². The van der Waals surface area contributed by atoms with Crippen molar-refractivity contribution >= 4 is 29.3 Å². The number of hydrogen-bond donors (Lipinski definition) is 2. The van der Waals surface area contributed by atoms with E-state index in [1.54, 1.807) is 35.2 Å². The molecule has 1 saturated heterocycles. The van der Waals surface area contributed by atoms with Crippen LogP contribution >= 0.6 is 11.8 Å². The average molecular weight is 473 g/mol. The molecule has 2 aliphatic rings. The first-order valence-corrected chi connectivity index (χ1v) is 12.5. The Balaban J connectivity index is 1.29. The minimum atomic E-state index is -0.134. The summed E-state index contributed by atoms with van der Waals surface area (Å²) >= 11 is 1.32. The molecule has 2 heterocycles. The molecule has 2 aromatic rings. The second-order valence-electron chi connectivity index (χ2n) is 8.71. The van der Waals surface area contributed by atoms with Gasteiger partial charge in [-0.2, -0.15) is 0 Å². The molecule has 9 nitrogen and oxygen atoms in total. The molecule has 1 aromatic heterocycles. The predicted molar refractivity (Wildman–Crippen MR) is 127 cm³/mol. The SMILES string of the molecule is Cn1cnnc1SCC(=O)Nc1ccc(C(=O)NCC2(N3CCOCC3)CCCCC2)cc1. The lowest BCUT2D eigenvalue weighted by atomic mass is 9.79. The van der Waals surface area contributed by atoms with Crippen LogP contribution in [0.15, 0.2) is 35.7 Å². The van der Waals surface area contributed by atoms with E-state index in [1.807, 2.05) is 7.05 Å². The van der Waals surface area contributed by atoms with Crippen molar-refractivity contribution in [3.8, 4) is 0 Å². The van der Waals surface area contributed by atoms with Gasteiger partial charge in [-0.25, -0.2) is 0 Å². The smallest absolute Gasteiger partial charge is 0.251 e. The van der Waals surface area contributed by atoms with Crippen molar-refractivity contribution in [3.63, 3.8) is 0 Å². The van der Waals surface area contributed by atoms with E-state index in [0.717, 1.165) is 39.1 Å². The van der Waals surface area contributed by atoms with Gasteiger partial charge in [0.05, 0.1) is 19.0 Å². The van der Waals surface area contributed by atoms with Gasteiger partial charge >= 0.3 is 0 Å². The number of benzene rings is 1. The number of carbonyl (C=O) groups is 2. The Bertz CT molecular complexity index is 936. The van der Waals surface area contributed by atoms with Crippen LogP contribution in [0.3, 0.4) is 0 Å². The summed E-state index contributed by atoms with van der Waals surface area (Å²) < 4.78 is 7.31. The highest BCUT2D eigenvalue weighted by Gasteiger charge is 2.38. The maximum atomic E-state index is 12.9. The summed E-state index contributed by atoms with van der Waals surface area (Å²) in [5, 5.41) is 14.5. The van der Waals surface area contributed by atoms with E-state index in [-0.39, 0.29) is 23.1 Å². The number of thioether (sulfide) groups is 1. The second-order valence-corrected chi connectivity index (χ2v) is 9.65. The zero-order chi connectivity index (χ0) is 23.1. The number of nitrogens with zero attached hydrogens (tertiary/aromatic N) is 4. The molecule has 10 heteroatoms. The lowest BCUT2D eigenvalue weighted by molar-refractivity contribution is -0.113. The molecular formula is C23H32N6O3S. The lowest BCUT2D eigenvalue weighted by Crippen LogP contribution is -2.59.